The van der Waals surface area contributed by atoms with Crippen molar-refractivity contribution in [3.63, 3.8) is 0 Å². The maximum absolute atomic E-state index is 12.4. The first kappa shape index (κ1) is 23.1. The monoisotopic (exact) mass is 446 g/mol. The summed E-state index contributed by atoms with van der Waals surface area (Å²) in [7, 11) is 0. The van der Waals surface area contributed by atoms with Crippen LogP contribution in [0.5, 0.6) is 17.2 Å². The molecule has 0 unspecified atom stereocenters. The van der Waals surface area contributed by atoms with Crippen molar-refractivity contribution < 1.29 is 19.0 Å². The minimum Gasteiger partial charge on any atom is -0.490 e. The van der Waals surface area contributed by atoms with E-state index >= 15 is 0 Å². The molecular formula is C22H20Cl2N2O4. The highest BCUT2D eigenvalue weighted by Crippen LogP contribution is 2.33. The highest BCUT2D eigenvalue weighted by Gasteiger charge is 2.12. The zero-order valence-corrected chi connectivity index (χ0v) is 17.8. The zero-order valence-electron chi connectivity index (χ0n) is 16.3. The van der Waals surface area contributed by atoms with E-state index < -0.39 is 5.91 Å². The van der Waals surface area contributed by atoms with Crippen LogP contribution >= 0.6 is 23.2 Å². The quantitative estimate of drug-likeness (QED) is 0.247. The number of nitrogens with zero attached hydrogens (tertiary/aromatic N) is 1. The Labute approximate surface area is 185 Å². The van der Waals surface area contributed by atoms with Gasteiger partial charge in [-0.1, -0.05) is 41.8 Å². The fraction of sp³-hybridized carbons (Fsp3) is 0.182. The van der Waals surface area contributed by atoms with Crippen molar-refractivity contribution in [3.05, 3.63) is 64.2 Å². The molecular weight excluding hydrogens is 427 g/mol. The molecule has 0 aliphatic heterocycles. The smallest absolute Gasteiger partial charge is 0.271 e. The molecule has 0 aliphatic rings. The van der Waals surface area contributed by atoms with Gasteiger partial charge < -0.3 is 14.2 Å². The summed E-state index contributed by atoms with van der Waals surface area (Å²) >= 11 is 12.3. The van der Waals surface area contributed by atoms with E-state index in [0.29, 0.717) is 41.6 Å². The molecule has 156 valence electrons. The lowest BCUT2D eigenvalue weighted by Crippen LogP contribution is -2.17. The lowest BCUT2D eigenvalue weighted by Gasteiger charge is -2.12. The number of hydrazone groups is 1. The Bertz CT molecular complexity index is 961. The number of halogens is 2. The van der Waals surface area contributed by atoms with Crippen molar-refractivity contribution in [2.24, 2.45) is 5.10 Å². The fourth-order valence-electron chi connectivity index (χ4n) is 2.32. The lowest BCUT2D eigenvalue weighted by atomic mass is 10.2. The van der Waals surface area contributed by atoms with Crippen molar-refractivity contribution in [1.82, 2.24) is 5.43 Å². The van der Waals surface area contributed by atoms with Gasteiger partial charge in [0.05, 0.1) is 22.9 Å². The molecule has 0 bridgehead atoms. The van der Waals surface area contributed by atoms with Crippen LogP contribution in [0.1, 0.15) is 22.8 Å². The molecule has 0 heterocycles. The maximum Gasteiger partial charge on any atom is 0.271 e. The van der Waals surface area contributed by atoms with Crippen molar-refractivity contribution in [3.8, 4) is 29.6 Å². The fourth-order valence-corrected chi connectivity index (χ4v) is 2.93. The van der Waals surface area contributed by atoms with Gasteiger partial charge in [0.25, 0.3) is 5.91 Å². The van der Waals surface area contributed by atoms with Gasteiger partial charge in [-0.25, -0.2) is 5.43 Å². The average molecular weight is 447 g/mol. The van der Waals surface area contributed by atoms with E-state index in [4.69, 9.17) is 43.8 Å². The number of carbonyl (C=O) groups is 1. The highest BCUT2D eigenvalue weighted by molar-refractivity contribution is 6.37. The molecule has 0 saturated heterocycles. The van der Waals surface area contributed by atoms with E-state index in [2.05, 4.69) is 23.0 Å². The predicted molar refractivity (Wildman–Crippen MR) is 119 cm³/mol. The van der Waals surface area contributed by atoms with Gasteiger partial charge in [-0.2, -0.15) is 5.10 Å². The largest absolute Gasteiger partial charge is 0.490 e. The van der Waals surface area contributed by atoms with Crippen LogP contribution in [0.3, 0.4) is 0 Å². The molecule has 0 aromatic heterocycles. The van der Waals surface area contributed by atoms with Crippen LogP contribution in [-0.4, -0.2) is 31.9 Å². The molecule has 6 nitrogen and oxygen atoms in total. The summed E-state index contributed by atoms with van der Waals surface area (Å²) in [6.45, 7) is 6.25. The van der Waals surface area contributed by atoms with Gasteiger partial charge in [0, 0.05) is 5.56 Å². The number of terminal acetylenes is 1. The summed E-state index contributed by atoms with van der Waals surface area (Å²) in [6.07, 6.45) is 8.19. The minimum absolute atomic E-state index is 0.0457. The number of benzene rings is 2. The molecule has 0 radical (unpaired) electrons. The third kappa shape index (κ3) is 6.45. The van der Waals surface area contributed by atoms with Crippen molar-refractivity contribution in [2.75, 3.05) is 19.8 Å². The van der Waals surface area contributed by atoms with Crippen LogP contribution in [-0.2, 0) is 0 Å². The van der Waals surface area contributed by atoms with Crippen LogP contribution in [0.25, 0.3) is 0 Å². The molecule has 2 aromatic rings. The summed E-state index contributed by atoms with van der Waals surface area (Å²) in [6, 6.07) is 8.03. The van der Waals surface area contributed by atoms with E-state index in [1.54, 1.807) is 36.4 Å². The van der Waals surface area contributed by atoms with E-state index in [1.807, 2.05) is 6.92 Å². The molecule has 8 heteroatoms. The summed E-state index contributed by atoms with van der Waals surface area (Å²) in [4.78, 5) is 12.4. The molecule has 0 fully saturated rings. The first-order valence-electron chi connectivity index (χ1n) is 8.89. The summed E-state index contributed by atoms with van der Waals surface area (Å²) < 4.78 is 16.3. The predicted octanol–water partition coefficient (Wildman–Crippen LogP) is 4.73. The lowest BCUT2D eigenvalue weighted by molar-refractivity contribution is 0.0954. The molecule has 1 N–H and O–H groups in total. The van der Waals surface area contributed by atoms with Crippen LogP contribution in [0, 0.1) is 12.3 Å². The van der Waals surface area contributed by atoms with Crippen molar-refractivity contribution >= 4 is 35.3 Å². The number of nitrogens with one attached hydrogen (secondary N) is 1. The SMILES string of the molecule is C#CCOc1c(Cl)cc(/C=N/NC(=O)c2ccc(OCC=C)c(OCC)c2)cc1Cl. The average Bonchev–Trinajstić information content (AvgIpc) is 2.72. The summed E-state index contributed by atoms with van der Waals surface area (Å²) in [5.74, 6) is 3.18. The first-order valence-corrected chi connectivity index (χ1v) is 9.65. The first-order chi connectivity index (χ1) is 14.5. The number of rotatable bonds is 10. The number of ether oxygens (including phenoxy) is 3. The van der Waals surface area contributed by atoms with E-state index in [1.165, 1.54) is 6.21 Å². The normalized spacial score (nSPS) is 10.3. The van der Waals surface area contributed by atoms with Gasteiger partial charge in [-0.05, 0) is 42.8 Å². The third-order valence-corrected chi connectivity index (χ3v) is 4.12. The minimum atomic E-state index is -0.423. The van der Waals surface area contributed by atoms with Crippen molar-refractivity contribution in [1.29, 1.82) is 0 Å². The van der Waals surface area contributed by atoms with Gasteiger partial charge in [0.15, 0.2) is 17.2 Å². The molecule has 2 rings (SSSR count). The van der Waals surface area contributed by atoms with Gasteiger partial charge in [-0.15, -0.1) is 6.42 Å². The maximum atomic E-state index is 12.4. The molecule has 0 spiro atoms. The molecule has 0 aliphatic carbocycles. The Balaban J connectivity index is 2.09. The third-order valence-electron chi connectivity index (χ3n) is 3.56. The van der Waals surface area contributed by atoms with Gasteiger partial charge in [0.2, 0.25) is 0 Å². The Morgan fingerprint density at radius 2 is 1.93 bits per heavy atom. The summed E-state index contributed by atoms with van der Waals surface area (Å²) in [5.41, 5.74) is 3.37. The van der Waals surface area contributed by atoms with Crippen molar-refractivity contribution in [2.45, 2.75) is 6.92 Å². The highest BCUT2D eigenvalue weighted by atomic mass is 35.5. The number of hydrogen-bond donors (Lipinski definition) is 1. The Morgan fingerprint density at radius 3 is 2.57 bits per heavy atom. The van der Waals surface area contributed by atoms with Gasteiger partial charge >= 0.3 is 0 Å². The number of amides is 1. The standard InChI is InChI=1S/C22H20Cl2N2O4/c1-4-9-29-19-8-7-16(13-20(19)28-6-3)22(27)26-25-14-15-11-17(23)21(18(24)12-15)30-10-5-2/h2,4,7-8,11-14H,1,6,9-10H2,3H3,(H,26,27)/b25-14+. The summed E-state index contributed by atoms with van der Waals surface area (Å²) in [5, 5.41) is 4.50. The second-order valence-corrected chi connectivity index (χ2v) is 6.51. The molecule has 2 aromatic carbocycles. The zero-order chi connectivity index (χ0) is 21.9. The Kier molecular flexibility index (Phi) is 9.07. The molecule has 1 amide bonds. The van der Waals surface area contributed by atoms with Crippen LogP contribution in [0.15, 0.2) is 48.1 Å². The van der Waals surface area contributed by atoms with E-state index in [-0.39, 0.29) is 16.7 Å². The Hall–Kier alpha value is -3.14. The molecule has 0 atom stereocenters. The van der Waals surface area contributed by atoms with Crippen LogP contribution in [0.2, 0.25) is 10.0 Å². The van der Waals surface area contributed by atoms with E-state index in [0.717, 1.165) is 0 Å². The number of carbonyl (C=O) groups excluding carboxylic acids is 1. The van der Waals surface area contributed by atoms with Crippen LogP contribution in [0.4, 0.5) is 0 Å². The topological polar surface area (TPSA) is 69.2 Å². The van der Waals surface area contributed by atoms with Gasteiger partial charge in [0.1, 0.15) is 13.2 Å². The second-order valence-electron chi connectivity index (χ2n) is 5.70. The molecule has 30 heavy (non-hydrogen) atoms. The second kappa shape index (κ2) is 11.8. The molecule has 0 saturated carbocycles. The number of hydrogen-bond acceptors (Lipinski definition) is 5. The van der Waals surface area contributed by atoms with Crippen LogP contribution < -0.4 is 19.6 Å². The van der Waals surface area contributed by atoms with Gasteiger partial charge in [-0.3, -0.25) is 4.79 Å². The van der Waals surface area contributed by atoms with E-state index in [9.17, 15) is 4.79 Å². The Morgan fingerprint density at radius 1 is 1.20 bits per heavy atom.